The summed E-state index contributed by atoms with van der Waals surface area (Å²) in [5.74, 6) is 0. The van der Waals surface area contributed by atoms with Crippen LogP contribution in [-0.2, 0) is 18.9 Å². The van der Waals surface area contributed by atoms with E-state index in [-0.39, 0.29) is 0 Å². The van der Waals surface area contributed by atoms with E-state index >= 15 is 0 Å². The topological polar surface area (TPSA) is 73.0 Å². The van der Waals surface area contributed by atoms with Crippen LogP contribution in [0.3, 0.4) is 0 Å². The third-order valence-electron chi connectivity index (χ3n) is 2.60. The summed E-state index contributed by atoms with van der Waals surface area (Å²) < 4.78 is 20.9. The second-order valence-corrected chi connectivity index (χ2v) is 4.38. The van der Waals surface area contributed by atoms with Gasteiger partial charge in [-0.25, -0.2) is 0 Å². The lowest BCUT2D eigenvalue weighted by Crippen LogP contribution is -2.27. The minimum Gasteiger partial charge on any atom is -0.378 e. The minimum absolute atomic E-state index is 0.462. The molecule has 0 fully saturated rings. The molecule has 0 aliphatic rings. The fourth-order valence-electron chi connectivity index (χ4n) is 1.54. The molecular weight excluding hydrogens is 286 g/mol. The molecule has 0 aliphatic carbocycles. The van der Waals surface area contributed by atoms with Gasteiger partial charge < -0.3 is 24.3 Å². The monoisotopic (exact) mass is 313 g/mol. The first-order valence-corrected chi connectivity index (χ1v) is 7.36. The van der Waals surface area contributed by atoms with Gasteiger partial charge in [0.15, 0.2) is 0 Å². The Bertz CT molecular complexity index is 341. The van der Waals surface area contributed by atoms with Crippen LogP contribution < -0.4 is 16.0 Å². The summed E-state index contributed by atoms with van der Waals surface area (Å²) in [5, 5.41) is 9.21. The first-order chi connectivity index (χ1) is 10.9. The van der Waals surface area contributed by atoms with Gasteiger partial charge in [0.2, 0.25) is 0 Å². The van der Waals surface area contributed by atoms with E-state index in [1.165, 1.54) is 0 Å². The van der Waals surface area contributed by atoms with Gasteiger partial charge in [-0.2, -0.15) is 0 Å². The van der Waals surface area contributed by atoms with Gasteiger partial charge in [-0.3, -0.25) is 10.6 Å². The highest BCUT2D eigenvalue weighted by Crippen LogP contribution is 2.03. The SMILES string of the molecule is COCNCOCNCCOCCOCNc1ccccc1. The highest BCUT2D eigenvalue weighted by Gasteiger charge is 1.92. The van der Waals surface area contributed by atoms with E-state index < -0.39 is 0 Å². The van der Waals surface area contributed by atoms with Crippen molar-refractivity contribution in [3.63, 3.8) is 0 Å². The Kier molecular flexibility index (Phi) is 12.6. The van der Waals surface area contributed by atoms with Crippen molar-refractivity contribution < 1.29 is 18.9 Å². The van der Waals surface area contributed by atoms with Gasteiger partial charge in [0.1, 0.15) is 6.73 Å². The van der Waals surface area contributed by atoms with E-state index in [0.29, 0.717) is 46.7 Å². The van der Waals surface area contributed by atoms with Crippen LogP contribution in [0.2, 0.25) is 0 Å². The molecule has 1 aromatic rings. The van der Waals surface area contributed by atoms with Crippen LogP contribution in [0.5, 0.6) is 0 Å². The molecule has 0 aromatic heterocycles. The lowest BCUT2D eigenvalue weighted by molar-refractivity contribution is 0.0445. The molecule has 22 heavy (non-hydrogen) atoms. The molecule has 3 N–H and O–H groups in total. The molecule has 0 amide bonds. The van der Waals surface area contributed by atoms with Crippen molar-refractivity contribution >= 4 is 5.69 Å². The molecule has 1 rings (SSSR count). The van der Waals surface area contributed by atoms with Gasteiger partial charge in [0.05, 0.1) is 40.0 Å². The predicted molar refractivity (Wildman–Crippen MR) is 85.5 cm³/mol. The number of benzene rings is 1. The van der Waals surface area contributed by atoms with Gasteiger partial charge in [0, 0.05) is 19.3 Å². The first-order valence-electron chi connectivity index (χ1n) is 7.36. The Morgan fingerprint density at radius 3 is 2.36 bits per heavy atom. The summed E-state index contributed by atoms with van der Waals surface area (Å²) in [6.45, 7) is 4.43. The zero-order valence-corrected chi connectivity index (χ0v) is 13.2. The van der Waals surface area contributed by atoms with E-state index in [0.717, 1.165) is 12.2 Å². The van der Waals surface area contributed by atoms with Crippen molar-refractivity contribution in [2.24, 2.45) is 0 Å². The third kappa shape index (κ3) is 11.4. The summed E-state index contributed by atoms with van der Waals surface area (Å²) in [4.78, 5) is 0. The third-order valence-corrected chi connectivity index (χ3v) is 2.60. The number of methoxy groups -OCH3 is 1. The Morgan fingerprint density at radius 1 is 0.773 bits per heavy atom. The van der Waals surface area contributed by atoms with Crippen LogP contribution >= 0.6 is 0 Å². The quantitative estimate of drug-likeness (QED) is 0.327. The number of para-hydroxylation sites is 1. The average Bonchev–Trinajstić information content (AvgIpc) is 2.56. The second kappa shape index (κ2) is 14.7. The number of anilines is 1. The van der Waals surface area contributed by atoms with Crippen molar-refractivity contribution in [1.82, 2.24) is 10.6 Å². The lowest BCUT2D eigenvalue weighted by Gasteiger charge is -2.09. The summed E-state index contributed by atoms with van der Waals surface area (Å²) in [6.07, 6.45) is 0. The zero-order chi connectivity index (χ0) is 15.7. The molecule has 126 valence electrons. The van der Waals surface area contributed by atoms with E-state index in [2.05, 4.69) is 16.0 Å². The van der Waals surface area contributed by atoms with Gasteiger partial charge in [-0.15, -0.1) is 0 Å². The maximum Gasteiger partial charge on any atom is 0.116 e. The zero-order valence-electron chi connectivity index (χ0n) is 13.2. The Balaban J connectivity index is 1.73. The smallest absolute Gasteiger partial charge is 0.116 e. The summed E-state index contributed by atoms with van der Waals surface area (Å²) >= 11 is 0. The van der Waals surface area contributed by atoms with Gasteiger partial charge in [-0.05, 0) is 12.1 Å². The highest BCUT2D eigenvalue weighted by molar-refractivity contribution is 5.41. The Labute approximate surface area is 132 Å². The van der Waals surface area contributed by atoms with E-state index in [4.69, 9.17) is 18.9 Å². The molecule has 7 nitrogen and oxygen atoms in total. The lowest BCUT2D eigenvalue weighted by atomic mass is 10.3. The van der Waals surface area contributed by atoms with Crippen molar-refractivity contribution in [3.05, 3.63) is 30.3 Å². The highest BCUT2D eigenvalue weighted by atomic mass is 16.5. The fraction of sp³-hybridized carbons (Fsp3) is 0.600. The summed E-state index contributed by atoms with van der Waals surface area (Å²) in [5.41, 5.74) is 1.05. The molecule has 0 bridgehead atoms. The number of ether oxygens (including phenoxy) is 4. The Morgan fingerprint density at radius 2 is 1.55 bits per heavy atom. The minimum atomic E-state index is 0.462. The predicted octanol–water partition coefficient (Wildman–Crippen LogP) is 0.804. The molecule has 0 spiro atoms. The number of hydrogen-bond acceptors (Lipinski definition) is 7. The number of nitrogens with one attached hydrogen (secondary N) is 3. The standard InChI is InChI=1S/C15H27N3O4/c1-19-11-17-13-22-12-16-7-8-20-9-10-21-14-18-15-5-3-2-4-6-15/h2-6,16-18H,7-14H2,1H3. The van der Waals surface area contributed by atoms with Crippen LogP contribution in [0.25, 0.3) is 0 Å². The van der Waals surface area contributed by atoms with E-state index in [1.54, 1.807) is 7.11 Å². The maximum atomic E-state index is 5.42. The maximum absolute atomic E-state index is 5.42. The fourth-order valence-corrected chi connectivity index (χ4v) is 1.54. The molecule has 1 aromatic carbocycles. The summed E-state index contributed by atoms with van der Waals surface area (Å²) in [6, 6.07) is 9.94. The number of hydrogen-bond donors (Lipinski definition) is 3. The van der Waals surface area contributed by atoms with Crippen molar-refractivity contribution in [2.45, 2.75) is 0 Å². The second-order valence-electron chi connectivity index (χ2n) is 4.38. The van der Waals surface area contributed by atoms with Crippen LogP contribution in [0.15, 0.2) is 30.3 Å². The van der Waals surface area contributed by atoms with E-state index in [1.807, 2.05) is 30.3 Å². The van der Waals surface area contributed by atoms with Crippen molar-refractivity contribution in [1.29, 1.82) is 0 Å². The summed E-state index contributed by atoms with van der Waals surface area (Å²) in [7, 11) is 1.63. The average molecular weight is 313 g/mol. The van der Waals surface area contributed by atoms with Gasteiger partial charge in [0.25, 0.3) is 0 Å². The molecule has 0 saturated heterocycles. The molecule has 0 radical (unpaired) electrons. The van der Waals surface area contributed by atoms with Gasteiger partial charge in [-0.1, -0.05) is 18.2 Å². The molecular formula is C15H27N3O4. The largest absolute Gasteiger partial charge is 0.378 e. The normalized spacial score (nSPS) is 10.8. The molecule has 0 atom stereocenters. The van der Waals surface area contributed by atoms with Crippen LogP contribution in [0.4, 0.5) is 5.69 Å². The molecule has 0 heterocycles. The first kappa shape index (κ1) is 18.8. The number of rotatable bonds is 15. The van der Waals surface area contributed by atoms with Crippen LogP contribution in [0.1, 0.15) is 0 Å². The van der Waals surface area contributed by atoms with Crippen molar-refractivity contribution in [2.75, 3.05) is 65.7 Å². The molecule has 0 saturated carbocycles. The van der Waals surface area contributed by atoms with Crippen LogP contribution in [0, 0.1) is 0 Å². The van der Waals surface area contributed by atoms with Crippen molar-refractivity contribution in [3.8, 4) is 0 Å². The van der Waals surface area contributed by atoms with Gasteiger partial charge >= 0.3 is 0 Å². The van der Waals surface area contributed by atoms with Crippen LogP contribution in [-0.4, -0.2) is 60.4 Å². The van der Waals surface area contributed by atoms with E-state index in [9.17, 15) is 0 Å². The Hall–Kier alpha value is -1.22. The molecule has 7 heteroatoms. The molecule has 0 aliphatic heterocycles. The molecule has 0 unspecified atom stereocenters.